The van der Waals surface area contributed by atoms with Crippen LogP contribution < -0.4 is 10.6 Å². The number of guanidine groups is 1. The third kappa shape index (κ3) is 4.99. The molecule has 0 unspecified atom stereocenters. The smallest absolute Gasteiger partial charge is 0.191 e. The first kappa shape index (κ1) is 17.8. The standard InChI is InChI=1S/C18H24N4.HI/c1-19-18(20-9-12-22-10-2-3-11-22)21-14-15-7-8-16-5-4-6-17(16)13-15;/h2-3,7-8,10-11,13H,4-6,9,12,14H2,1H3,(H2,19,20,21);1H. The van der Waals surface area contributed by atoms with Crippen molar-refractivity contribution in [1.29, 1.82) is 0 Å². The number of nitrogens with zero attached hydrogens (tertiary/aromatic N) is 2. The van der Waals surface area contributed by atoms with Crippen molar-refractivity contribution >= 4 is 29.9 Å². The van der Waals surface area contributed by atoms with Crippen LogP contribution >= 0.6 is 24.0 Å². The Labute approximate surface area is 155 Å². The molecule has 3 rings (SSSR count). The van der Waals surface area contributed by atoms with Crippen LogP contribution in [0.4, 0.5) is 0 Å². The topological polar surface area (TPSA) is 41.4 Å². The molecule has 1 aliphatic carbocycles. The highest BCUT2D eigenvalue weighted by Crippen LogP contribution is 2.22. The summed E-state index contributed by atoms with van der Waals surface area (Å²) in [5, 5.41) is 6.73. The Kier molecular flexibility index (Phi) is 6.95. The van der Waals surface area contributed by atoms with Gasteiger partial charge in [-0.15, -0.1) is 24.0 Å². The van der Waals surface area contributed by atoms with E-state index in [1.165, 1.54) is 36.0 Å². The average Bonchev–Trinajstić information content (AvgIpc) is 3.21. The zero-order valence-electron chi connectivity index (χ0n) is 13.6. The first-order valence-electron chi connectivity index (χ1n) is 8.01. The second-order valence-corrected chi connectivity index (χ2v) is 5.73. The van der Waals surface area contributed by atoms with Crippen LogP contribution in [0.1, 0.15) is 23.1 Å². The summed E-state index contributed by atoms with van der Waals surface area (Å²) in [5.41, 5.74) is 4.38. The van der Waals surface area contributed by atoms with Gasteiger partial charge >= 0.3 is 0 Å². The molecule has 1 aromatic carbocycles. The summed E-state index contributed by atoms with van der Waals surface area (Å²) in [6, 6.07) is 10.9. The van der Waals surface area contributed by atoms with Crippen molar-refractivity contribution in [3.05, 3.63) is 59.4 Å². The van der Waals surface area contributed by atoms with Gasteiger partial charge in [-0.25, -0.2) is 0 Å². The summed E-state index contributed by atoms with van der Waals surface area (Å²) >= 11 is 0. The Morgan fingerprint density at radius 3 is 2.70 bits per heavy atom. The molecule has 5 heteroatoms. The number of rotatable bonds is 5. The maximum atomic E-state index is 4.28. The summed E-state index contributed by atoms with van der Waals surface area (Å²) in [5.74, 6) is 0.854. The highest BCUT2D eigenvalue weighted by Gasteiger charge is 2.10. The van der Waals surface area contributed by atoms with E-state index in [-0.39, 0.29) is 24.0 Å². The van der Waals surface area contributed by atoms with Crippen LogP contribution in [0.25, 0.3) is 0 Å². The van der Waals surface area contributed by atoms with Crippen LogP contribution in [0.2, 0.25) is 0 Å². The second kappa shape index (κ2) is 8.96. The summed E-state index contributed by atoms with van der Waals surface area (Å²) in [7, 11) is 1.81. The van der Waals surface area contributed by atoms with Gasteiger partial charge in [0.2, 0.25) is 0 Å². The third-order valence-corrected chi connectivity index (χ3v) is 4.18. The van der Waals surface area contributed by atoms with E-state index in [1.807, 2.05) is 19.2 Å². The van der Waals surface area contributed by atoms with E-state index in [0.717, 1.165) is 25.6 Å². The number of fused-ring (bicyclic) bond motifs is 1. The van der Waals surface area contributed by atoms with Crippen LogP contribution in [0.15, 0.2) is 47.7 Å². The van der Waals surface area contributed by atoms with Crippen molar-refractivity contribution in [1.82, 2.24) is 15.2 Å². The lowest BCUT2D eigenvalue weighted by molar-refractivity contribution is 0.665. The van der Waals surface area contributed by atoms with Crippen LogP contribution in [0.5, 0.6) is 0 Å². The predicted molar refractivity (Wildman–Crippen MR) is 107 cm³/mol. The Balaban J connectivity index is 0.00000192. The maximum Gasteiger partial charge on any atom is 0.191 e. The summed E-state index contributed by atoms with van der Waals surface area (Å²) in [6.45, 7) is 2.61. The molecule has 0 saturated carbocycles. The van der Waals surface area contributed by atoms with Crippen LogP contribution in [-0.2, 0) is 25.9 Å². The Morgan fingerprint density at radius 1 is 1.13 bits per heavy atom. The molecule has 0 saturated heterocycles. The normalized spacial score (nSPS) is 13.3. The van der Waals surface area contributed by atoms with Gasteiger partial charge in [-0.05, 0) is 48.1 Å². The lowest BCUT2D eigenvalue weighted by Gasteiger charge is -2.13. The lowest BCUT2D eigenvalue weighted by Crippen LogP contribution is -2.38. The number of aliphatic imine (C=N–C) groups is 1. The van der Waals surface area contributed by atoms with Gasteiger partial charge in [-0.2, -0.15) is 0 Å². The molecule has 0 aliphatic heterocycles. The van der Waals surface area contributed by atoms with Crippen molar-refractivity contribution in [3.8, 4) is 0 Å². The van der Waals surface area contributed by atoms with Crippen LogP contribution in [-0.4, -0.2) is 24.1 Å². The molecule has 2 N–H and O–H groups in total. The first-order valence-corrected chi connectivity index (χ1v) is 8.01. The molecule has 2 aromatic rings. The Bertz CT molecular complexity index is 634. The zero-order chi connectivity index (χ0) is 15.2. The fourth-order valence-corrected chi connectivity index (χ4v) is 2.96. The molecular weight excluding hydrogens is 399 g/mol. The Morgan fingerprint density at radius 2 is 1.91 bits per heavy atom. The molecule has 0 radical (unpaired) electrons. The van der Waals surface area contributed by atoms with E-state index in [9.17, 15) is 0 Å². The number of benzene rings is 1. The van der Waals surface area contributed by atoms with Crippen LogP contribution in [0, 0.1) is 0 Å². The molecule has 23 heavy (non-hydrogen) atoms. The number of nitrogens with one attached hydrogen (secondary N) is 2. The average molecular weight is 424 g/mol. The number of halogens is 1. The molecule has 1 aromatic heterocycles. The molecule has 0 bridgehead atoms. The maximum absolute atomic E-state index is 4.28. The molecule has 1 heterocycles. The van der Waals surface area contributed by atoms with Gasteiger partial charge in [0.05, 0.1) is 0 Å². The van der Waals surface area contributed by atoms with Gasteiger partial charge in [0.1, 0.15) is 0 Å². The predicted octanol–water partition coefficient (Wildman–Crippen LogP) is 2.96. The molecule has 0 amide bonds. The molecule has 1 aliphatic rings. The van der Waals surface area contributed by atoms with Gasteiger partial charge in [0.15, 0.2) is 5.96 Å². The molecule has 0 atom stereocenters. The number of aromatic nitrogens is 1. The number of hydrogen-bond donors (Lipinski definition) is 2. The van der Waals surface area contributed by atoms with Crippen molar-refractivity contribution in [2.75, 3.05) is 13.6 Å². The van der Waals surface area contributed by atoms with E-state index < -0.39 is 0 Å². The van der Waals surface area contributed by atoms with Gasteiger partial charge in [0.25, 0.3) is 0 Å². The largest absolute Gasteiger partial charge is 0.355 e. The monoisotopic (exact) mass is 424 g/mol. The van der Waals surface area contributed by atoms with Gasteiger partial charge < -0.3 is 15.2 Å². The Hall–Kier alpha value is -1.50. The molecule has 124 valence electrons. The van der Waals surface area contributed by atoms with Crippen molar-refractivity contribution < 1.29 is 0 Å². The lowest BCUT2D eigenvalue weighted by atomic mass is 10.1. The van der Waals surface area contributed by atoms with Gasteiger partial charge in [-0.3, -0.25) is 4.99 Å². The van der Waals surface area contributed by atoms with E-state index in [2.05, 4.69) is 50.8 Å². The van der Waals surface area contributed by atoms with E-state index in [1.54, 1.807) is 0 Å². The fraction of sp³-hybridized carbons (Fsp3) is 0.389. The molecule has 0 fully saturated rings. The highest BCUT2D eigenvalue weighted by molar-refractivity contribution is 14.0. The fourth-order valence-electron chi connectivity index (χ4n) is 2.96. The molecule has 4 nitrogen and oxygen atoms in total. The van der Waals surface area contributed by atoms with Crippen molar-refractivity contribution in [3.63, 3.8) is 0 Å². The SMILES string of the molecule is CN=C(NCCn1cccc1)NCc1ccc2c(c1)CCC2.I. The minimum Gasteiger partial charge on any atom is -0.355 e. The van der Waals surface area contributed by atoms with Crippen LogP contribution in [0.3, 0.4) is 0 Å². The highest BCUT2D eigenvalue weighted by atomic mass is 127. The van der Waals surface area contributed by atoms with E-state index >= 15 is 0 Å². The van der Waals surface area contributed by atoms with E-state index in [0.29, 0.717) is 0 Å². The van der Waals surface area contributed by atoms with Gasteiger partial charge in [-0.1, -0.05) is 18.2 Å². The summed E-state index contributed by atoms with van der Waals surface area (Å²) in [4.78, 5) is 4.28. The zero-order valence-corrected chi connectivity index (χ0v) is 15.9. The molecular formula is C18H25IN4. The quantitative estimate of drug-likeness (QED) is 0.440. The number of aryl methyl sites for hydroxylation is 2. The minimum absolute atomic E-state index is 0. The molecule has 0 spiro atoms. The first-order chi connectivity index (χ1) is 10.8. The van der Waals surface area contributed by atoms with Crippen molar-refractivity contribution in [2.45, 2.75) is 32.4 Å². The number of hydrogen-bond acceptors (Lipinski definition) is 1. The van der Waals surface area contributed by atoms with Crippen molar-refractivity contribution in [2.24, 2.45) is 4.99 Å². The summed E-state index contributed by atoms with van der Waals surface area (Å²) in [6.07, 6.45) is 7.92. The van der Waals surface area contributed by atoms with E-state index in [4.69, 9.17) is 0 Å². The second-order valence-electron chi connectivity index (χ2n) is 5.73. The van der Waals surface area contributed by atoms with Gasteiger partial charge in [0, 0.05) is 39.1 Å². The summed E-state index contributed by atoms with van der Waals surface area (Å²) < 4.78 is 2.15. The minimum atomic E-state index is 0. The third-order valence-electron chi connectivity index (χ3n) is 4.18.